The summed E-state index contributed by atoms with van der Waals surface area (Å²) >= 11 is 0. The van der Waals surface area contributed by atoms with Crippen LogP contribution in [0.15, 0.2) is 84.9 Å². The second kappa shape index (κ2) is 6.04. The number of nitrogens with two attached hydrogens (primary N) is 1. The summed E-state index contributed by atoms with van der Waals surface area (Å²) in [6.07, 6.45) is 0. The van der Waals surface area contributed by atoms with E-state index in [-0.39, 0.29) is 0 Å². The van der Waals surface area contributed by atoms with Crippen LogP contribution in [0.2, 0.25) is 0 Å². The van der Waals surface area contributed by atoms with Crippen LogP contribution < -0.4 is 10.5 Å². The third-order valence-electron chi connectivity index (χ3n) is 3.99. The Morgan fingerprint density at radius 2 is 1.14 bits per heavy atom. The fourth-order valence-electron chi connectivity index (χ4n) is 2.85. The molecule has 0 aliphatic rings. The van der Waals surface area contributed by atoms with Gasteiger partial charge in [0.1, 0.15) is 5.75 Å². The van der Waals surface area contributed by atoms with Gasteiger partial charge in [0.05, 0.1) is 12.6 Å². The molecular weight excluding hydrogens is 270 g/mol. The zero-order chi connectivity index (χ0) is 15.4. The van der Waals surface area contributed by atoms with Gasteiger partial charge >= 0.3 is 0 Å². The molecule has 2 heteroatoms. The van der Waals surface area contributed by atoms with Crippen LogP contribution in [0.25, 0.3) is 0 Å². The number of hydrogen-bond acceptors (Lipinski definition) is 2. The molecule has 2 nitrogen and oxygen atoms in total. The summed E-state index contributed by atoms with van der Waals surface area (Å²) in [7, 11) is 1.68. The van der Waals surface area contributed by atoms with E-state index in [1.807, 2.05) is 60.7 Å². The first-order valence-electron chi connectivity index (χ1n) is 7.30. The average Bonchev–Trinajstić information content (AvgIpc) is 2.62. The van der Waals surface area contributed by atoms with Gasteiger partial charge in [-0.3, -0.25) is 0 Å². The van der Waals surface area contributed by atoms with Crippen molar-refractivity contribution in [3.05, 3.63) is 102 Å². The largest absolute Gasteiger partial charge is 0.496 e. The lowest BCUT2D eigenvalue weighted by Crippen LogP contribution is -2.39. The van der Waals surface area contributed by atoms with Crippen LogP contribution >= 0.6 is 0 Å². The van der Waals surface area contributed by atoms with Gasteiger partial charge < -0.3 is 10.5 Å². The fourth-order valence-corrected chi connectivity index (χ4v) is 2.85. The van der Waals surface area contributed by atoms with Crippen LogP contribution in [-0.4, -0.2) is 7.11 Å². The van der Waals surface area contributed by atoms with E-state index in [0.29, 0.717) is 0 Å². The quantitative estimate of drug-likeness (QED) is 0.738. The monoisotopic (exact) mass is 289 g/mol. The van der Waals surface area contributed by atoms with Gasteiger partial charge in [-0.05, 0) is 17.2 Å². The van der Waals surface area contributed by atoms with E-state index >= 15 is 0 Å². The topological polar surface area (TPSA) is 35.2 Å². The van der Waals surface area contributed by atoms with Crippen molar-refractivity contribution in [2.24, 2.45) is 5.73 Å². The second-order valence-electron chi connectivity index (χ2n) is 5.24. The Morgan fingerprint density at radius 3 is 1.64 bits per heavy atom. The highest BCUT2D eigenvalue weighted by molar-refractivity contribution is 5.53. The molecule has 0 aliphatic carbocycles. The summed E-state index contributed by atoms with van der Waals surface area (Å²) in [5.74, 6) is 0.790. The second-order valence-corrected chi connectivity index (χ2v) is 5.24. The Bertz CT molecular complexity index is 698. The highest BCUT2D eigenvalue weighted by Gasteiger charge is 2.34. The van der Waals surface area contributed by atoms with Gasteiger partial charge in [-0.25, -0.2) is 0 Å². The van der Waals surface area contributed by atoms with Gasteiger partial charge in [-0.15, -0.1) is 0 Å². The number of methoxy groups -OCH3 is 1. The molecule has 22 heavy (non-hydrogen) atoms. The molecule has 0 aromatic heterocycles. The Balaban J connectivity index is 2.29. The molecule has 0 radical (unpaired) electrons. The zero-order valence-electron chi connectivity index (χ0n) is 12.6. The number of benzene rings is 3. The molecule has 0 saturated carbocycles. The summed E-state index contributed by atoms with van der Waals surface area (Å²) in [4.78, 5) is 0. The van der Waals surface area contributed by atoms with Crippen molar-refractivity contribution in [1.82, 2.24) is 0 Å². The summed E-state index contributed by atoms with van der Waals surface area (Å²) in [5.41, 5.74) is 9.22. The minimum atomic E-state index is -0.755. The highest BCUT2D eigenvalue weighted by atomic mass is 16.5. The summed E-state index contributed by atoms with van der Waals surface area (Å²) in [5, 5.41) is 0. The Hall–Kier alpha value is -2.58. The Labute approximate surface area is 131 Å². The molecule has 3 rings (SSSR count). The van der Waals surface area contributed by atoms with E-state index in [2.05, 4.69) is 24.3 Å². The molecular formula is C20H19NO. The van der Waals surface area contributed by atoms with Gasteiger partial charge in [-0.2, -0.15) is 0 Å². The van der Waals surface area contributed by atoms with Gasteiger partial charge in [-0.1, -0.05) is 78.9 Å². The third kappa shape index (κ3) is 2.38. The van der Waals surface area contributed by atoms with Crippen LogP contribution in [0, 0.1) is 0 Å². The zero-order valence-corrected chi connectivity index (χ0v) is 12.6. The molecule has 3 aromatic carbocycles. The molecule has 0 atom stereocenters. The summed E-state index contributed by atoms with van der Waals surface area (Å²) in [6, 6.07) is 28.2. The predicted molar refractivity (Wildman–Crippen MR) is 89.9 cm³/mol. The molecule has 0 saturated heterocycles. The minimum absolute atomic E-state index is 0.755. The van der Waals surface area contributed by atoms with E-state index in [1.54, 1.807) is 7.11 Å². The van der Waals surface area contributed by atoms with Crippen LogP contribution in [0.1, 0.15) is 16.7 Å². The van der Waals surface area contributed by atoms with Crippen LogP contribution in [0.5, 0.6) is 5.75 Å². The number of para-hydroxylation sites is 1. The smallest absolute Gasteiger partial charge is 0.124 e. The lowest BCUT2D eigenvalue weighted by Gasteiger charge is -2.32. The number of ether oxygens (including phenoxy) is 1. The van der Waals surface area contributed by atoms with E-state index in [9.17, 15) is 0 Å². The molecule has 3 aromatic rings. The highest BCUT2D eigenvalue weighted by Crippen LogP contribution is 2.38. The van der Waals surface area contributed by atoms with Gasteiger partial charge in [0, 0.05) is 5.56 Å². The Kier molecular flexibility index (Phi) is 3.94. The molecule has 0 fully saturated rings. The SMILES string of the molecule is COc1ccccc1C(N)(c1ccccc1)c1ccccc1. The van der Waals surface area contributed by atoms with Gasteiger partial charge in [0.25, 0.3) is 0 Å². The first-order valence-corrected chi connectivity index (χ1v) is 7.30. The first kappa shape index (κ1) is 14.4. The molecule has 0 heterocycles. The lowest BCUT2D eigenvalue weighted by atomic mass is 9.77. The molecule has 0 bridgehead atoms. The van der Waals surface area contributed by atoms with Crippen molar-refractivity contribution in [3.63, 3.8) is 0 Å². The summed E-state index contributed by atoms with van der Waals surface area (Å²) < 4.78 is 5.55. The van der Waals surface area contributed by atoms with Crippen molar-refractivity contribution in [1.29, 1.82) is 0 Å². The van der Waals surface area contributed by atoms with Crippen LogP contribution in [0.4, 0.5) is 0 Å². The molecule has 110 valence electrons. The van der Waals surface area contributed by atoms with Crippen molar-refractivity contribution < 1.29 is 4.74 Å². The van der Waals surface area contributed by atoms with E-state index in [0.717, 1.165) is 22.4 Å². The van der Waals surface area contributed by atoms with E-state index in [1.165, 1.54) is 0 Å². The normalized spacial score (nSPS) is 11.2. The number of rotatable bonds is 4. The maximum absolute atomic E-state index is 6.96. The maximum atomic E-state index is 6.96. The molecule has 0 unspecified atom stereocenters. The number of hydrogen-bond donors (Lipinski definition) is 1. The Morgan fingerprint density at radius 1 is 0.682 bits per heavy atom. The van der Waals surface area contributed by atoms with Gasteiger partial charge in [0.2, 0.25) is 0 Å². The maximum Gasteiger partial charge on any atom is 0.124 e. The first-order chi connectivity index (χ1) is 10.8. The molecule has 0 amide bonds. The van der Waals surface area contributed by atoms with Crippen molar-refractivity contribution >= 4 is 0 Å². The van der Waals surface area contributed by atoms with E-state index in [4.69, 9.17) is 10.5 Å². The standard InChI is InChI=1S/C20H19NO/c1-22-19-15-9-8-14-18(19)20(21,16-10-4-2-5-11-16)17-12-6-3-7-13-17/h2-15H,21H2,1H3. The molecule has 0 aliphatic heterocycles. The van der Waals surface area contributed by atoms with Crippen molar-refractivity contribution in [2.45, 2.75) is 5.54 Å². The minimum Gasteiger partial charge on any atom is -0.496 e. The van der Waals surface area contributed by atoms with Crippen LogP contribution in [-0.2, 0) is 5.54 Å². The third-order valence-corrected chi connectivity index (χ3v) is 3.99. The van der Waals surface area contributed by atoms with Gasteiger partial charge in [0.15, 0.2) is 0 Å². The summed E-state index contributed by atoms with van der Waals surface area (Å²) in [6.45, 7) is 0. The van der Waals surface area contributed by atoms with Crippen molar-refractivity contribution in [2.75, 3.05) is 7.11 Å². The van der Waals surface area contributed by atoms with Crippen LogP contribution in [0.3, 0.4) is 0 Å². The molecule has 2 N–H and O–H groups in total. The van der Waals surface area contributed by atoms with E-state index < -0.39 is 5.54 Å². The average molecular weight is 289 g/mol. The van der Waals surface area contributed by atoms with Crippen molar-refractivity contribution in [3.8, 4) is 5.75 Å². The molecule has 0 spiro atoms. The predicted octanol–water partition coefficient (Wildman–Crippen LogP) is 3.95. The lowest BCUT2D eigenvalue weighted by molar-refractivity contribution is 0.402. The fraction of sp³-hybridized carbons (Fsp3) is 0.100.